The zero-order valence-electron chi connectivity index (χ0n) is 21.8. The summed E-state index contributed by atoms with van der Waals surface area (Å²) in [5.74, 6) is 1.49. The average molecular weight is 502 g/mol. The van der Waals surface area contributed by atoms with Gasteiger partial charge >= 0.3 is 0 Å². The van der Waals surface area contributed by atoms with Gasteiger partial charge in [-0.1, -0.05) is 42.8 Å². The van der Waals surface area contributed by atoms with Gasteiger partial charge in [-0.05, 0) is 60.9 Å². The Morgan fingerprint density at radius 2 is 1.74 bits per heavy atom. The number of pyridine rings is 1. The van der Waals surface area contributed by atoms with E-state index in [-0.39, 0.29) is 0 Å². The monoisotopic (exact) mass is 501 g/mol. The number of nitrogens with zero attached hydrogens (tertiary/aromatic N) is 8. The minimum atomic E-state index is 0.510. The molecule has 0 saturated heterocycles. The number of nitrogens with one attached hydrogen (secondary N) is 1. The first-order valence-corrected chi connectivity index (χ1v) is 12.6. The predicted octanol–water partition coefficient (Wildman–Crippen LogP) is 5.27. The van der Waals surface area contributed by atoms with Crippen LogP contribution in [-0.4, -0.2) is 45.1 Å². The highest BCUT2D eigenvalue weighted by atomic mass is 15.5. The lowest BCUT2D eigenvalue weighted by Gasteiger charge is -2.11. The normalized spacial score (nSPS) is 11.4. The molecular weight excluding hydrogens is 474 g/mol. The van der Waals surface area contributed by atoms with Gasteiger partial charge in [0.15, 0.2) is 5.65 Å². The largest absolute Gasteiger partial charge is 0.307 e. The molecule has 0 aliphatic carbocycles. The molecule has 9 nitrogen and oxygen atoms in total. The van der Waals surface area contributed by atoms with Gasteiger partial charge in [-0.3, -0.25) is 9.97 Å². The molecule has 0 bridgehead atoms. The third-order valence-corrected chi connectivity index (χ3v) is 6.68. The maximum absolute atomic E-state index is 4.85. The van der Waals surface area contributed by atoms with Gasteiger partial charge in [0.05, 0.1) is 30.3 Å². The van der Waals surface area contributed by atoms with E-state index in [0.29, 0.717) is 12.4 Å². The van der Waals surface area contributed by atoms with E-state index in [2.05, 4.69) is 88.4 Å². The molecule has 4 heterocycles. The summed E-state index contributed by atoms with van der Waals surface area (Å²) in [5.41, 5.74) is 10.6. The molecule has 0 saturated carbocycles. The van der Waals surface area contributed by atoms with Crippen LogP contribution in [0.25, 0.3) is 44.9 Å². The van der Waals surface area contributed by atoms with Crippen LogP contribution < -0.4 is 0 Å². The van der Waals surface area contributed by atoms with E-state index in [0.717, 1.165) is 68.3 Å². The lowest BCUT2D eigenvalue weighted by Crippen LogP contribution is -2.07. The molecule has 0 spiro atoms. The van der Waals surface area contributed by atoms with E-state index in [9.17, 15) is 0 Å². The molecule has 188 valence electrons. The van der Waals surface area contributed by atoms with Crippen LogP contribution in [0.5, 0.6) is 0 Å². The SMILES string of the molecule is CCc1nc2c(C)cc(C)nc2n1Cc1cnc(-c2cc(-c3cccc(C)c3)ccc2-c2nn[nH]n2)cn1. The van der Waals surface area contributed by atoms with Crippen LogP contribution in [0.15, 0.2) is 60.9 Å². The molecule has 4 aromatic heterocycles. The minimum Gasteiger partial charge on any atom is -0.307 e. The molecular formula is C29H27N9. The third-order valence-electron chi connectivity index (χ3n) is 6.68. The molecule has 1 N–H and O–H groups in total. The fraction of sp³-hybridized carbons (Fsp3) is 0.207. The maximum atomic E-state index is 4.85. The Labute approximate surface area is 220 Å². The number of rotatable bonds is 6. The quantitative estimate of drug-likeness (QED) is 0.331. The second-order valence-electron chi connectivity index (χ2n) is 9.48. The third kappa shape index (κ3) is 4.32. The lowest BCUT2D eigenvalue weighted by molar-refractivity contribution is 0.726. The summed E-state index contributed by atoms with van der Waals surface area (Å²) >= 11 is 0. The number of imidazole rings is 1. The number of tetrazole rings is 1. The number of fused-ring (bicyclic) bond motifs is 1. The summed E-state index contributed by atoms with van der Waals surface area (Å²) in [4.78, 5) is 19.2. The van der Waals surface area contributed by atoms with Crippen molar-refractivity contribution in [3.8, 4) is 33.8 Å². The van der Waals surface area contributed by atoms with E-state index < -0.39 is 0 Å². The summed E-state index contributed by atoms with van der Waals surface area (Å²) < 4.78 is 2.14. The van der Waals surface area contributed by atoms with Crippen LogP contribution in [0.4, 0.5) is 0 Å². The predicted molar refractivity (Wildman–Crippen MR) is 146 cm³/mol. The van der Waals surface area contributed by atoms with Crippen molar-refractivity contribution in [2.24, 2.45) is 0 Å². The van der Waals surface area contributed by atoms with Gasteiger partial charge in [0.1, 0.15) is 11.3 Å². The van der Waals surface area contributed by atoms with Crippen LogP contribution in [0, 0.1) is 20.8 Å². The molecule has 6 aromatic rings. The molecule has 0 atom stereocenters. The molecule has 0 fully saturated rings. The molecule has 9 heteroatoms. The van der Waals surface area contributed by atoms with Crippen molar-refractivity contribution in [3.05, 3.63) is 89.3 Å². The first kappa shape index (κ1) is 23.6. The second-order valence-corrected chi connectivity index (χ2v) is 9.48. The van der Waals surface area contributed by atoms with Crippen LogP contribution in [-0.2, 0) is 13.0 Å². The topological polar surface area (TPSA) is 111 Å². The number of aromatic amines is 1. The standard InChI is InChI=1S/C29H27N9/c1-5-26-33-27-18(3)12-19(4)32-29(27)38(26)16-22-14-31-25(15-30-22)24-13-21(20-8-6-7-17(2)11-20)9-10-23(24)28-34-36-37-35-28/h6-15H,5,16H2,1-4H3,(H,34,35,36,37). The van der Waals surface area contributed by atoms with Gasteiger partial charge in [0, 0.05) is 23.2 Å². The fourth-order valence-electron chi connectivity index (χ4n) is 4.85. The van der Waals surface area contributed by atoms with Gasteiger partial charge in [-0.2, -0.15) is 5.21 Å². The molecule has 2 aromatic carbocycles. The highest BCUT2D eigenvalue weighted by Gasteiger charge is 2.17. The van der Waals surface area contributed by atoms with E-state index in [1.807, 2.05) is 25.4 Å². The Morgan fingerprint density at radius 1 is 0.868 bits per heavy atom. The first-order valence-electron chi connectivity index (χ1n) is 12.6. The van der Waals surface area contributed by atoms with E-state index in [4.69, 9.17) is 19.9 Å². The van der Waals surface area contributed by atoms with Crippen molar-refractivity contribution in [1.82, 2.24) is 45.1 Å². The maximum Gasteiger partial charge on any atom is 0.205 e. The fourth-order valence-corrected chi connectivity index (χ4v) is 4.85. The Morgan fingerprint density at radius 3 is 2.47 bits per heavy atom. The molecule has 38 heavy (non-hydrogen) atoms. The summed E-state index contributed by atoms with van der Waals surface area (Å²) in [7, 11) is 0. The number of benzene rings is 2. The summed E-state index contributed by atoms with van der Waals surface area (Å²) in [6.45, 7) is 8.83. The molecule has 0 aliphatic rings. The molecule has 0 aliphatic heterocycles. The Balaban J connectivity index is 1.40. The Kier molecular flexibility index (Phi) is 5.95. The number of aryl methyl sites for hydroxylation is 4. The van der Waals surface area contributed by atoms with Crippen molar-refractivity contribution in [1.29, 1.82) is 0 Å². The van der Waals surface area contributed by atoms with Crippen molar-refractivity contribution < 1.29 is 0 Å². The first-order chi connectivity index (χ1) is 18.5. The van der Waals surface area contributed by atoms with Crippen LogP contribution in [0.1, 0.15) is 35.3 Å². The minimum absolute atomic E-state index is 0.510. The number of aromatic nitrogens is 9. The summed E-state index contributed by atoms with van der Waals surface area (Å²) in [6.07, 6.45) is 4.44. The van der Waals surface area contributed by atoms with Crippen molar-refractivity contribution in [3.63, 3.8) is 0 Å². The van der Waals surface area contributed by atoms with Crippen LogP contribution in [0.2, 0.25) is 0 Å². The summed E-state index contributed by atoms with van der Waals surface area (Å²) in [5, 5.41) is 14.7. The van der Waals surface area contributed by atoms with Crippen LogP contribution >= 0.6 is 0 Å². The zero-order chi connectivity index (χ0) is 26.2. The van der Waals surface area contributed by atoms with Crippen molar-refractivity contribution in [2.75, 3.05) is 0 Å². The van der Waals surface area contributed by atoms with E-state index >= 15 is 0 Å². The van der Waals surface area contributed by atoms with E-state index in [1.54, 1.807) is 0 Å². The zero-order valence-corrected chi connectivity index (χ0v) is 21.8. The summed E-state index contributed by atoms with van der Waals surface area (Å²) in [6, 6.07) is 16.7. The van der Waals surface area contributed by atoms with Gasteiger partial charge in [-0.15, -0.1) is 10.2 Å². The number of hydrogen-bond acceptors (Lipinski definition) is 7. The van der Waals surface area contributed by atoms with E-state index in [1.165, 1.54) is 5.56 Å². The van der Waals surface area contributed by atoms with Crippen LogP contribution in [0.3, 0.4) is 0 Å². The number of hydrogen-bond donors (Lipinski definition) is 1. The van der Waals surface area contributed by atoms with Crippen molar-refractivity contribution in [2.45, 2.75) is 40.7 Å². The highest BCUT2D eigenvalue weighted by Crippen LogP contribution is 2.33. The molecule has 0 amide bonds. The molecule has 0 radical (unpaired) electrons. The van der Waals surface area contributed by atoms with Gasteiger partial charge in [0.2, 0.25) is 5.82 Å². The second kappa shape index (κ2) is 9.59. The number of H-pyrrole nitrogens is 1. The van der Waals surface area contributed by atoms with Gasteiger partial charge in [0.25, 0.3) is 0 Å². The molecule has 0 unspecified atom stereocenters. The van der Waals surface area contributed by atoms with Gasteiger partial charge < -0.3 is 4.57 Å². The smallest absolute Gasteiger partial charge is 0.205 e. The molecule has 6 rings (SSSR count). The van der Waals surface area contributed by atoms with Gasteiger partial charge in [-0.25, -0.2) is 9.97 Å². The lowest BCUT2D eigenvalue weighted by atomic mass is 9.96. The highest BCUT2D eigenvalue weighted by molar-refractivity contribution is 5.83. The average Bonchev–Trinajstić information content (AvgIpc) is 3.58. The Hall–Kier alpha value is -4.79. The van der Waals surface area contributed by atoms with Crippen molar-refractivity contribution >= 4 is 11.2 Å². The Bertz CT molecular complexity index is 1750.